The molecule has 2 heterocycles. The Balaban J connectivity index is 1.78. The largest absolute Gasteiger partial charge is 0.495 e. The van der Waals surface area contributed by atoms with Crippen LogP contribution in [0.3, 0.4) is 0 Å². The molecule has 0 aliphatic heterocycles. The molecule has 0 aliphatic carbocycles. The van der Waals surface area contributed by atoms with E-state index in [1.165, 1.54) is 13.2 Å². The number of sulfone groups is 1. The first-order valence-electron chi connectivity index (χ1n) is 7.94. The van der Waals surface area contributed by atoms with Gasteiger partial charge in [-0.1, -0.05) is 11.2 Å². The van der Waals surface area contributed by atoms with Crippen LogP contribution in [0.4, 0.5) is 0 Å². The van der Waals surface area contributed by atoms with Crippen molar-refractivity contribution in [2.45, 2.75) is 24.7 Å². The summed E-state index contributed by atoms with van der Waals surface area (Å²) in [5, 5.41) is 4.00. The molecule has 0 unspecified atom stereocenters. The Morgan fingerprint density at radius 1 is 1.19 bits per heavy atom. The number of pyridine rings is 1. The van der Waals surface area contributed by atoms with Crippen molar-refractivity contribution in [3.63, 3.8) is 0 Å². The Bertz CT molecular complexity index is 1030. The highest BCUT2D eigenvalue weighted by Crippen LogP contribution is 2.25. The Labute approximate surface area is 152 Å². The van der Waals surface area contributed by atoms with Crippen molar-refractivity contribution in [2.75, 3.05) is 13.4 Å². The van der Waals surface area contributed by atoms with Gasteiger partial charge < -0.3 is 9.26 Å². The third-order valence-electron chi connectivity index (χ3n) is 3.99. The number of rotatable bonds is 6. The van der Waals surface area contributed by atoms with Crippen LogP contribution in [-0.4, -0.2) is 36.9 Å². The van der Waals surface area contributed by atoms with Gasteiger partial charge in [-0.15, -0.1) is 0 Å². The number of ether oxygens (including phenoxy) is 1. The van der Waals surface area contributed by atoms with E-state index in [0.29, 0.717) is 30.3 Å². The third kappa shape index (κ3) is 4.08. The van der Waals surface area contributed by atoms with Crippen LogP contribution in [0.1, 0.15) is 28.4 Å². The van der Waals surface area contributed by atoms with Crippen LogP contribution in [-0.2, 0) is 22.7 Å². The van der Waals surface area contributed by atoms with Crippen LogP contribution in [0.5, 0.6) is 5.75 Å². The number of hydrogen-bond acceptors (Lipinski definition) is 7. The molecule has 26 heavy (non-hydrogen) atoms. The minimum absolute atomic E-state index is 0.157. The van der Waals surface area contributed by atoms with Crippen LogP contribution in [0, 0.1) is 6.92 Å². The van der Waals surface area contributed by atoms with E-state index in [0.717, 1.165) is 22.9 Å². The van der Waals surface area contributed by atoms with Gasteiger partial charge in [-0.3, -0.25) is 4.98 Å². The van der Waals surface area contributed by atoms with Crippen LogP contribution in [0.15, 0.2) is 46.1 Å². The van der Waals surface area contributed by atoms with Crippen molar-refractivity contribution in [1.82, 2.24) is 15.1 Å². The molecule has 0 aliphatic rings. The molecule has 0 saturated heterocycles. The van der Waals surface area contributed by atoms with Gasteiger partial charge in [0.05, 0.1) is 13.5 Å². The normalized spacial score (nSPS) is 11.5. The van der Waals surface area contributed by atoms with Gasteiger partial charge >= 0.3 is 0 Å². The van der Waals surface area contributed by atoms with E-state index in [2.05, 4.69) is 15.1 Å². The first kappa shape index (κ1) is 18.1. The highest BCUT2D eigenvalue weighted by Gasteiger charge is 2.16. The standard InChI is InChI=1S/C18H19N3O4S/c1-12-6-7-19-11-14(12)10-18-20-17(21-25-18)9-13-4-5-16(26(3,22)23)15(8-13)24-2/h4-8,11H,9-10H2,1-3H3. The summed E-state index contributed by atoms with van der Waals surface area (Å²) in [7, 11) is -1.91. The zero-order chi connectivity index (χ0) is 18.7. The molecular formula is C18H19N3O4S. The first-order chi connectivity index (χ1) is 12.4. The van der Waals surface area contributed by atoms with Gasteiger partial charge in [-0.05, 0) is 41.8 Å². The predicted octanol–water partition coefficient (Wildman–Crippen LogP) is 2.37. The summed E-state index contributed by atoms with van der Waals surface area (Å²) in [5.74, 6) is 1.34. The molecule has 0 N–H and O–H groups in total. The van der Waals surface area contributed by atoms with Crippen molar-refractivity contribution in [1.29, 1.82) is 0 Å². The van der Waals surface area contributed by atoms with Crippen molar-refractivity contribution in [3.05, 3.63) is 65.1 Å². The third-order valence-corrected chi connectivity index (χ3v) is 5.13. The number of hydrogen-bond donors (Lipinski definition) is 0. The lowest BCUT2D eigenvalue weighted by Gasteiger charge is -2.08. The van der Waals surface area contributed by atoms with E-state index in [9.17, 15) is 8.42 Å². The van der Waals surface area contributed by atoms with Gasteiger partial charge in [0.2, 0.25) is 5.89 Å². The Morgan fingerprint density at radius 3 is 2.69 bits per heavy atom. The minimum atomic E-state index is -3.35. The lowest BCUT2D eigenvalue weighted by atomic mass is 10.1. The van der Waals surface area contributed by atoms with Crippen LogP contribution < -0.4 is 4.74 Å². The molecule has 0 atom stereocenters. The van der Waals surface area contributed by atoms with Gasteiger partial charge in [0.25, 0.3) is 0 Å². The van der Waals surface area contributed by atoms with Crippen LogP contribution in [0.25, 0.3) is 0 Å². The van der Waals surface area contributed by atoms with Crippen LogP contribution >= 0.6 is 0 Å². The summed E-state index contributed by atoms with van der Waals surface area (Å²) in [6.45, 7) is 2.00. The van der Waals surface area contributed by atoms with Gasteiger partial charge in [-0.25, -0.2) is 8.42 Å². The average Bonchev–Trinajstić information content (AvgIpc) is 3.03. The number of aromatic nitrogens is 3. The van der Waals surface area contributed by atoms with E-state index < -0.39 is 9.84 Å². The van der Waals surface area contributed by atoms with E-state index in [1.54, 1.807) is 24.5 Å². The molecule has 7 nitrogen and oxygen atoms in total. The SMILES string of the molecule is COc1cc(Cc2noc(Cc3cnccc3C)n2)ccc1S(C)(=O)=O. The summed E-state index contributed by atoms with van der Waals surface area (Å²) in [6.07, 6.45) is 5.61. The second kappa shape index (κ2) is 7.25. The second-order valence-electron chi connectivity index (χ2n) is 6.02. The monoisotopic (exact) mass is 373 g/mol. The summed E-state index contributed by atoms with van der Waals surface area (Å²) in [6, 6.07) is 6.86. The van der Waals surface area contributed by atoms with E-state index >= 15 is 0 Å². The highest BCUT2D eigenvalue weighted by molar-refractivity contribution is 7.90. The van der Waals surface area contributed by atoms with E-state index in [-0.39, 0.29) is 4.90 Å². The quantitative estimate of drug-likeness (QED) is 0.654. The second-order valence-corrected chi connectivity index (χ2v) is 8.00. The van der Waals surface area contributed by atoms with Crippen molar-refractivity contribution in [2.24, 2.45) is 0 Å². The zero-order valence-electron chi connectivity index (χ0n) is 14.8. The molecular weight excluding hydrogens is 354 g/mol. The van der Waals surface area contributed by atoms with Crippen molar-refractivity contribution < 1.29 is 17.7 Å². The molecule has 0 amide bonds. The predicted molar refractivity (Wildman–Crippen MR) is 95.0 cm³/mol. The first-order valence-corrected chi connectivity index (χ1v) is 9.84. The number of aryl methyl sites for hydroxylation is 1. The molecule has 0 radical (unpaired) electrons. The van der Waals surface area contributed by atoms with Gasteiger partial charge in [0.15, 0.2) is 15.7 Å². The molecule has 0 fully saturated rings. The maximum absolute atomic E-state index is 11.8. The maximum Gasteiger partial charge on any atom is 0.231 e. The topological polar surface area (TPSA) is 95.2 Å². The molecule has 2 aromatic heterocycles. The summed E-state index contributed by atoms with van der Waals surface area (Å²) < 4.78 is 34.0. The highest BCUT2D eigenvalue weighted by atomic mass is 32.2. The molecule has 0 spiro atoms. The fourth-order valence-electron chi connectivity index (χ4n) is 2.59. The molecule has 0 saturated carbocycles. The molecule has 3 rings (SSSR count). The van der Waals surface area contributed by atoms with E-state index in [1.807, 2.05) is 13.0 Å². The lowest BCUT2D eigenvalue weighted by molar-refractivity contribution is 0.380. The molecule has 3 aromatic rings. The van der Waals surface area contributed by atoms with Crippen molar-refractivity contribution in [3.8, 4) is 5.75 Å². The summed E-state index contributed by atoms with van der Waals surface area (Å²) in [4.78, 5) is 8.67. The summed E-state index contributed by atoms with van der Waals surface area (Å²) >= 11 is 0. The van der Waals surface area contributed by atoms with Gasteiger partial charge in [0.1, 0.15) is 10.6 Å². The Morgan fingerprint density at radius 2 is 2.00 bits per heavy atom. The molecule has 0 bridgehead atoms. The lowest BCUT2D eigenvalue weighted by Crippen LogP contribution is -2.02. The minimum Gasteiger partial charge on any atom is -0.495 e. The van der Waals surface area contributed by atoms with Gasteiger partial charge in [0, 0.05) is 25.1 Å². The van der Waals surface area contributed by atoms with Crippen LogP contribution in [0.2, 0.25) is 0 Å². The average molecular weight is 373 g/mol. The summed E-state index contributed by atoms with van der Waals surface area (Å²) in [5.41, 5.74) is 2.97. The van der Waals surface area contributed by atoms with E-state index in [4.69, 9.17) is 9.26 Å². The molecule has 136 valence electrons. The number of nitrogens with zero attached hydrogens (tertiary/aromatic N) is 3. The maximum atomic E-state index is 11.8. The smallest absolute Gasteiger partial charge is 0.231 e. The molecule has 1 aromatic carbocycles. The number of methoxy groups -OCH3 is 1. The fourth-order valence-corrected chi connectivity index (χ4v) is 3.41. The Kier molecular flexibility index (Phi) is 5.03. The number of benzene rings is 1. The Hall–Kier alpha value is -2.74. The zero-order valence-corrected chi connectivity index (χ0v) is 15.6. The van der Waals surface area contributed by atoms with Crippen molar-refractivity contribution >= 4 is 9.84 Å². The van der Waals surface area contributed by atoms with Gasteiger partial charge in [-0.2, -0.15) is 4.98 Å². The fraction of sp³-hybridized carbons (Fsp3) is 0.278. The molecule has 8 heteroatoms.